The SMILES string of the molecule is O=C(O)c1ccc2c(c1)nc(Nc1nc3ccccc3[nH]1)c1ccsc12. The third-order valence-electron chi connectivity index (χ3n) is 4.27. The average molecular weight is 360 g/mol. The number of aromatic amines is 1. The minimum atomic E-state index is -0.966. The van der Waals surface area contributed by atoms with Gasteiger partial charge in [0.05, 0.1) is 22.1 Å². The zero-order valence-electron chi connectivity index (χ0n) is 13.4. The molecular weight excluding hydrogens is 348 g/mol. The molecule has 5 aromatic rings. The minimum Gasteiger partial charge on any atom is -0.478 e. The molecule has 0 unspecified atom stereocenters. The van der Waals surface area contributed by atoms with Crippen LogP contribution in [0.1, 0.15) is 10.4 Å². The molecule has 0 saturated carbocycles. The number of hydrogen-bond acceptors (Lipinski definition) is 5. The second-order valence-electron chi connectivity index (χ2n) is 5.89. The third kappa shape index (κ3) is 2.29. The maximum Gasteiger partial charge on any atom is 0.335 e. The number of pyridine rings is 1. The highest BCUT2D eigenvalue weighted by atomic mass is 32.1. The van der Waals surface area contributed by atoms with Crippen LogP contribution in [0.5, 0.6) is 0 Å². The number of carbonyl (C=O) groups is 1. The van der Waals surface area contributed by atoms with Crippen molar-refractivity contribution in [2.45, 2.75) is 0 Å². The lowest BCUT2D eigenvalue weighted by Gasteiger charge is -2.07. The summed E-state index contributed by atoms with van der Waals surface area (Å²) in [7, 11) is 0. The van der Waals surface area contributed by atoms with Gasteiger partial charge in [-0.15, -0.1) is 11.3 Å². The molecule has 7 heteroatoms. The van der Waals surface area contributed by atoms with Crippen LogP contribution in [0.15, 0.2) is 53.9 Å². The zero-order valence-corrected chi connectivity index (χ0v) is 14.2. The molecule has 0 fully saturated rings. The van der Waals surface area contributed by atoms with Crippen molar-refractivity contribution in [3.8, 4) is 0 Å². The minimum absolute atomic E-state index is 0.218. The molecule has 26 heavy (non-hydrogen) atoms. The first-order chi connectivity index (χ1) is 12.7. The number of nitrogens with one attached hydrogen (secondary N) is 2. The molecule has 0 spiro atoms. The van der Waals surface area contributed by atoms with Gasteiger partial charge in [-0.2, -0.15) is 0 Å². The van der Waals surface area contributed by atoms with Gasteiger partial charge in [0.15, 0.2) is 0 Å². The van der Waals surface area contributed by atoms with Crippen molar-refractivity contribution in [3.63, 3.8) is 0 Å². The first kappa shape index (κ1) is 14.9. The van der Waals surface area contributed by atoms with E-state index in [0.717, 1.165) is 26.5 Å². The Bertz CT molecular complexity index is 1270. The molecule has 0 bridgehead atoms. The maximum atomic E-state index is 11.3. The summed E-state index contributed by atoms with van der Waals surface area (Å²) in [6, 6.07) is 14.8. The highest BCUT2D eigenvalue weighted by Crippen LogP contribution is 2.34. The standard InChI is InChI=1S/C19H12N4O2S/c24-18(25)10-5-6-11-15(9-10)20-17(12-7-8-26-16(11)12)23-19-21-13-3-1-2-4-14(13)22-19/h1-9H,(H,24,25)(H2,20,21,22,23). The van der Waals surface area contributed by atoms with Crippen LogP contribution >= 0.6 is 11.3 Å². The van der Waals surface area contributed by atoms with E-state index in [-0.39, 0.29) is 5.56 Å². The van der Waals surface area contributed by atoms with E-state index in [4.69, 9.17) is 0 Å². The van der Waals surface area contributed by atoms with Crippen molar-refractivity contribution in [2.24, 2.45) is 0 Å². The lowest BCUT2D eigenvalue weighted by atomic mass is 10.1. The van der Waals surface area contributed by atoms with E-state index in [1.165, 1.54) is 0 Å². The molecule has 3 heterocycles. The number of rotatable bonds is 3. The molecule has 6 nitrogen and oxygen atoms in total. The van der Waals surface area contributed by atoms with E-state index in [1.54, 1.807) is 23.5 Å². The Hall–Kier alpha value is -3.45. The number of nitrogens with zero attached hydrogens (tertiary/aromatic N) is 2. The lowest BCUT2D eigenvalue weighted by Crippen LogP contribution is -1.99. The number of benzene rings is 2. The van der Waals surface area contributed by atoms with E-state index in [2.05, 4.69) is 20.3 Å². The Kier molecular flexibility index (Phi) is 3.16. The number of H-pyrrole nitrogens is 1. The van der Waals surface area contributed by atoms with Crippen LogP contribution in [-0.4, -0.2) is 26.0 Å². The highest BCUT2D eigenvalue weighted by Gasteiger charge is 2.13. The fourth-order valence-electron chi connectivity index (χ4n) is 3.05. The molecule has 0 atom stereocenters. The van der Waals surface area contributed by atoms with E-state index < -0.39 is 5.97 Å². The van der Waals surface area contributed by atoms with E-state index in [0.29, 0.717) is 17.3 Å². The Morgan fingerprint density at radius 1 is 1.04 bits per heavy atom. The zero-order chi connectivity index (χ0) is 17.7. The number of fused-ring (bicyclic) bond motifs is 4. The van der Waals surface area contributed by atoms with Crippen LogP contribution in [0, 0.1) is 0 Å². The first-order valence-electron chi connectivity index (χ1n) is 7.95. The molecular formula is C19H12N4O2S. The molecule has 5 rings (SSSR count). The quantitative estimate of drug-likeness (QED) is 0.431. The van der Waals surface area contributed by atoms with Gasteiger partial charge in [0.1, 0.15) is 5.82 Å². The Labute approximate surface area is 151 Å². The summed E-state index contributed by atoms with van der Waals surface area (Å²) in [5.41, 5.74) is 2.66. The molecule has 3 N–H and O–H groups in total. The van der Waals surface area contributed by atoms with Crippen molar-refractivity contribution in [2.75, 3.05) is 5.32 Å². The second kappa shape index (κ2) is 5.53. The summed E-state index contributed by atoms with van der Waals surface area (Å²) in [6.07, 6.45) is 0. The number of thiophene rings is 1. The molecule has 0 saturated heterocycles. The van der Waals surface area contributed by atoms with Crippen LogP contribution in [-0.2, 0) is 0 Å². The van der Waals surface area contributed by atoms with E-state index >= 15 is 0 Å². The Morgan fingerprint density at radius 3 is 2.77 bits per heavy atom. The molecule has 0 aliphatic heterocycles. The summed E-state index contributed by atoms with van der Waals surface area (Å²) >= 11 is 1.60. The van der Waals surface area contributed by atoms with Gasteiger partial charge in [0.2, 0.25) is 5.95 Å². The van der Waals surface area contributed by atoms with Crippen molar-refractivity contribution in [1.82, 2.24) is 15.0 Å². The fourth-order valence-corrected chi connectivity index (χ4v) is 3.99. The number of aromatic carboxylic acids is 1. The van der Waals surface area contributed by atoms with Gasteiger partial charge in [-0.3, -0.25) is 0 Å². The van der Waals surface area contributed by atoms with Gasteiger partial charge in [-0.05, 0) is 35.7 Å². The number of para-hydroxylation sites is 2. The molecule has 126 valence electrons. The van der Waals surface area contributed by atoms with Crippen molar-refractivity contribution in [1.29, 1.82) is 0 Å². The maximum absolute atomic E-state index is 11.3. The van der Waals surface area contributed by atoms with Gasteiger partial charge in [0, 0.05) is 15.5 Å². The summed E-state index contributed by atoms with van der Waals surface area (Å²) < 4.78 is 1.06. The predicted octanol–water partition coefficient (Wildman–Crippen LogP) is 4.77. The van der Waals surface area contributed by atoms with Gasteiger partial charge < -0.3 is 15.4 Å². The van der Waals surface area contributed by atoms with Gasteiger partial charge in [0.25, 0.3) is 0 Å². The summed E-state index contributed by atoms with van der Waals surface area (Å²) in [6.45, 7) is 0. The largest absolute Gasteiger partial charge is 0.478 e. The normalized spacial score (nSPS) is 11.4. The summed E-state index contributed by atoms with van der Waals surface area (Å²) in [4.78, 5) is 23.7. The van der Waals surface area contributed by atoms with Crippen molar-refractivity contribution < 1.29 is 9.90 Å². The smallest absolute Gasteiger partial charge is 0.335 e. The van der Waals surface area contributed by atoms with E-state index in [9.17, 15) is 9.90 Å². The molecule has 3 aromatic heterocycles. The second-order valence-corrected chi connectivity index (χ2v) is 6.80. The lowest BCUT2D eigenvalue weighted by molar-refractivity contribution is 0.0697. The van der Waals surface area contributed by atoms with Gasteiger partial charge in [-0.25, -0.2) is 14.8 Å². The van der Waals surface area contributed by atoms with Crippen molar-refractivity contribution in [3.05, 3.63) is 59.5 Å². The number of carboxylic acids is 1. The molecule has 0 amide bonds. The van der Waals surface area contributed by atoms with Crippen LogP contribution in [0.2, 0.25) is 0 Å². The molecule has 0 radical (unpaired) electrons. The fraction of sp³-hybridized carbons (Fsp3) is 0. The third-order valence-corrected chi connectivity index (χ3v) is 5.22. The predicted molar refractivity (Wildman–Crippen MR) is 103 cm³/mol. The Morgan fingerprint density at radius 2 is 1.92 bits per heavy atom. The van der Waals surface area contributed by atoms with Crippen LogP contribution < -0.4 is 5.32 Å². The van der Waals surface area contributed by atoms with Gasteiger partial charge >= 0.3 is 5.97 Å². The van der Waals surface area contributed by atoms with Crippen LogP contribution in [0.3, 0.4) is 0 Å². The van der Waals surface area contributed by atoms with Crippen molar-refractivity contribution >= 4 is 61.1 Å². The monoisotopic (exact) mass is 360 g/mol. The number of carboxylic acid groups (broad SMARTS) is 1. The number of imidazole rings is 1. The summed E-state index contributed by atoms with van der Waals surface area (Å²) in [5.74, 6) is 0.280. The van der Waals surface area contributed by atoms with Crippen LogP contribution in [0.4, 0.5) is 11.8 Å². The number of aromatic nitrogens is 3. The van der Waals surface area contributed by atoms with Gasteiger partial charge in [-0.1, -0.05) is 18.2 Å². The first-order valence-corrected chi connectivity index (χ1v) is 8.83. The average Bonchev–Trinajstić information content (AvgIpc) is 3.28. The Balaban J connectivity index is 1.69. The van der Waals surface area contributed by atoms with Crippen LogP contribution in [0.25, 0.3) is 32.0 Å². The van der Waals surface area contributed by atoms with E-state index in [1.807, 2.05) is 41.8 Å². The molecule has 2 aromatic carbocycles. The molecule has 0 aliphatic carbocycles. The number of hydrogen-bond donors (Lipinski definition) is 3. The topological polar surface area (TPSA) is 90.9 Å². The highest BCUT2D eigenvalue weighted by molar-refractivity contribution is 7.18. The summed E-state index contributed by atoms with van der Waals surface area (Å²) in [5, 5.41) is 16.4. The number of anilines is 2. The molecule has 0 aliphatic rings.